The Balaban J connectivity index is 1.65. The Morgan fingerprint density at radius 2 is 2.00 bits per heavy atom. The van der Waals surface area contributed by atoms with Gasteiger partial charge in [0.05, 0.1) is 15.2 Å². The third kappa shape index (κ3) is 6.38. The normalized spacial score (nSPS) is 15.9. The van der Waals surface area contributed by atoms with Crippen LogP contribution in [0.25, 0.3) is 10.2 Å². The lowest BCUT2D eigenvalue weighted by atomic mass is 9.97. The third-order valence-electron chi connectivity index (χ3n) is 6.18. The molecule has 1 aliphatic rings. The molecule has 0 bridgehead atoms. The van der Waals surface area contributed by atoms with Crippen LogP contribution in [0.15, 0.2) is 18.2 Å². The highest BCUT2D eigenvalue weighted by Crippen LogP contribution is 2.28. The summed E-state index contributed by atoms with van der Waals surface area (Å²) in [7, 11) is -3.77. The fourth-order valence-electron chi connectivity index (χ4n) is 3.70. The molecule has 35 heavy (non-hydrogen) atoms. The van der Waals surface area contributed by atoms with Crippen molar-refractivity contribution < 1.29 is 28.3 Å². The molecular formula is C24H27N3O6S2. The standard InChI is InChI=1S/C24H27N3O6S2/c1-24(23(30)26-31,35(2,32)33)12-9-21-25-19-8-7-18(15-20(19)34-21)6-4-3-5-17-10-13-27(14-11-17)22(29)16-28/h7-8,15,17,28,31H,9-14,16H2,1-2H3,(H,26,30)/t24-/m1/s1. The van der Waals surface area contributed by atoms with E-state index in [1.807, 2.05) is 18.2 Å². The highest BCUT2D eigenvalue weighted by Gasteiger charge is 2.43. The van der Waals surface area contributed by atoms with Gasteiger partial charge in [-0.25, -0.2) is 18.9 Å². The molecule has 1 fully saturated rings. The summed E-state index contributed by atoms with van der Waals surface area (Å²) in [4.78, 5) is 29.7. The molecule has 1 aromatic carbocycles. The minimum absolute atomic E-state index is 0.0204. The van der Waals surface area contributed by atoms with Crippen molar-refractivity contribution in [2.24, 2.45) is 5.92 Å². The predicted octanol–water partition coefficient (Wildman–Crippen LogP) is 1.12. The number of piperidine rings is 1. The van der Waals surface area contributed by atoms with Gasteiger partial charge in [-0.3, -0.25) is 14.8 Å². The summed E-state index contributed by atoms with van der Waals surface area (Å²) in [6.07, 6.45) is 2.72. The number of fused-ring (bicyclic) bond motifs is 1. The zero-order valence-corrected chi connectivity index (χ0v) is 21.1. The maximum Gasteiger partial charge on any atom is 0.264 e. The Labute approximate surface area is 208 Å². The van der Waals surface area contributed by atoms with E-state index in [1.165, 1.54) is 23.7 Å². The number of likely N-dealkylation sites (tertiary alicyclic amines) is 1. The zero-order chi connectivity index (χ0) is 25.6. The molecule has 3 N–H and O–H groups in total. The van der Waals surface area contributed by atoms with Gasteiger partial charge in [-0.05, 0) is 56.2 Å². The lowest BCUT2D eigenvalue weighted by Crippen LogP contribution is -2.49. The van der Waals surface area contributed by atoms with Crippen LogP contribution in [0.5, 0.6) is 0 Å². The summed E-state index contributed by atoms with van der Waals surface area (Å²) in [5.41, 5.74) is 2.97. The van der Waals surface area contributed by atoms with E-state index < -0.39 is 27.1 Å². The van der Waals surface area contributed by atoms with Crippen LogP contribution in [0, 0.1) is 29.6 Å². The van der Waals surface area contributed by atoms with Crippen LogP contribution in [0.1, 0.15) is 36.8 Å². The fourth-order valence-corrected chi connectivity index (χ4v) is 5.56. The molecule has 2 amide bonds. The largest absolute Gasteiger partial charge is 0.387 e. The first-order valence-corrected chi connectivity index (χ1v) is 13.7. The van der Waals surface area contributed by atoms with Crippen LogP contribution in [-0.2, 0) is 25.8 Å². The first-order valence-electron chi connectivity index (χ1n) is 11.0. The number of rotatable bonds is 6. The van der Waals surface area contributed by atoms with Crippen molar-refractivity contribution in [1.29, 1.82) is 0 Å². The number of carbonyl (C=O) groups is 2. The molecule has 0 aliphatic carbocycles. The molecule has 0 spiro atoms. The molecule has 0 saturated carbocycles. The smallest absolute Gasteiger partial charge is 0.264 e. The number of thiazole rings is 1. The highest BCUT2D eigenvalue weighted by atomic mass is 32.2. The van der Waals surface area contributed by atoms with Gasteiger partial charge < -0.3 is 10.0 Å². The minimum atomic E-state index is -3.77. The Hall–Kier alpha value is -2.96. The van der Waals surface area contributed by atoms with Crippen LogP contribution in [0.3, 0.4) is 0 Å². The van der Waals surface area contributed by atoms with Crippen molar-refractivity contribution in [2.75, 3.05) is 26.0 Å². The van der Waals surface area contributed by atoms with Crippen LogP contribution < -0.4 is 5.48 Å². The average Bonchev–Trinajstić information content (AvgIpc) is 3.26. The van der Waals surface area contributed by atoms with Gasteiger partial charge in [-0.1, -0.05) is 11.8 Å². The first-order chi connectivity index (χ1) is 16.6. The van der Waals surface area contributed by atoms with E-state index in [9.17, 15) is 18.0 Å². The van der Waals surface area contributed by atoms with E-state index in [0.717, 1.165) is 34.9 Å². The SMILES string of the molecule is C[C@@](CCc1nc2ccc(C#CC#CC3CCN(C(=O)CO)CC3)cc2s1)(C(=O)NO)S(C)(=O)=O. The van der Waals surface area contributed by atoms with Crippen LogP contribution in [-0.4, -0.2) is 71.1 Å². The number of aliphatic hydroxyl groups is 1. The molecule has 0 unspecified atom stereocenters. The molecule has 1 aliphatic heterocycles. The number of hydrogen-bond acceptors (Lipinski definition) is 8. The van der Waals surface area contributed by atoms with Gasteiger partial charge in [0.25, 0.3) is 5.91 Å². The fraction of sp³-hybridized carbons (Fsp3) is 0.458. The van der Waals surface area contributed by atoms with Crippen molar-refractivity contribution in [3.8, 4) is 23.7 Å². The number of carbonyl (C=O) groups excluding carboxylic acids is 2. The van der Waals surface area contributed by atoms with Crippen molar-refractivity contribution in [3.63, 3.8) is 0 Å². The van der Waals surface area contributed by atoms with Gasteiger partial charge in [0.1, 0.15) is 11.4 Å². The van der Waals surface area contributed by atoms with E-state index in [4.69, 9.17) is 10.3 Å². The van der Waals surface area contributed by atoms with Gasteiger partial charge in [0, 0.05) is 37.2 Å². The Kier molecular flexibility index (Phi) is 8.51. The predicted molar refractivity (Wildman–Crippen MR) is 132 cm³/mol. The summed E-state index contributed by atoms with van der Waals surface area (Å²) in [6, 6.07) is 5.55. The van der Waals surface area contributed by atoms with Gasteiger partial charge in [-0.15, -0.1) is 11.3 Å². The number of aryl methyl sites for hydroxylation is 1. The van der Waals surface area contributed by atoms with E-state index in [2.05, 4.69) is 28.7 Å². The zero-order valence-electron chi connectivity index (χ0n) is 19.5. The number of aromatic nitrogens is 1. The number of nitrogens with one attached hydrogen (secondary N) is 1. The van der Waals surface area contributed by atoms with Crippen molar-refractivity contribution in [3.05, 3.63) is 28.8 Å². The van der Waals surface area contributed by atoms with Crippen LogP contribution >= 0.6 is 11.3 Å². The van der Waals surface area contributed by atoms with Crippen LogP contribution in [0.2, 0.25) is 0 Å². The summed E-state index contributed by atoms with van der Waals surface area (Å²) in [5, 5.41) is 18.6. The molecule has 2 heterocycles. The molecule has 11 heteroatoms. The number of nitrogens with zero attached hydrogens (tertiary/aromatic N) is 2. The molecule has 1 saturated heterocycles. The topological polar surface area (TPSA) is 137 Å². The van der Waals surface area contributed by atoms with Gasteiger partial charge >= 0.3 is 0 Å². The van der Waals surface area contributed by atoms with Crippen molar-refractivity contribution >= 4 is 43.2 Å². The highest BCUT2D eigenvalue weighted by molar-refractivity contribution is 7.92. The summed E-state index contributed by atoms with van der Waals surface area (Å²) < 4.78 is 23.4. The molecule has 0 radical (unpaired) electrons. The molecule has 1 atom stereocenters. The molecule has 9 nitrogen and oxygen atoms in total. The van der Waals surface area contributed by atoms with Crippen molar-refractivity contribution in [2.45, 2.75) is 37.4 Å². The minimum Gasteiger partial charge on any atom is -0.387 e. The molecular weight excluding hydrogens is 490 g/mol. The van der Waals surface area contributed by atoms with Crippen molar-refractivity contribution in [1.82, 2.24) is 15.4 Å². The first kappa shape index (κ1) is 26.6. The molecule has 1 aromatic heterocycles. The average molecular weight is 518 g/mol. The van der Waals surface area contributed by atoms with Gasteiger partial charge in [0.2, 0.25) is 5.91 Å². The molecule has 2 aromatic rings. The monoisotopic (exact) mass is 517 g/mol. The number of hydrogen-bond donors (Lipinski definition) is 3. The second-order valence-corrected chi connectivity index (χ2v) is 12.1. The van der Waals surface area contributed by atoms with Crippen LogP contribution in [0.4, 0.5) is 0 Å². The lowest BCUT2D eigenvalue weighted by molar-refractivity contribution is -0.135. The molecule has 3 rings (SSSR count). The Morgan fingerprint density at radius 3 is 2.63 bits per heavy atom. The number of benzene rings is 1. The Morgan fingerprint density at radius 1 is 1.29 bits per heavy atom. The second kappa shape index (κ2) is 11.2. The molecule has 186 valence electrons. The lowest BCUT2D eigenvalue weighted by Gasteiger charge is -2.29. The van der Waals surface area contributed by atoms with Gasteiger partial charge in [-0.2, -0.15) is 0 Å². The maximum atomic E-state index is 12.1. The number of aliphatic hydroxyl groups excluding tert-OH is 1. The van der Waals surface area contributed by atoms with E-state index >= 15 is 0 Å². The maximum absolute atomic E-state index is 12.1. The number of amides is 2. The van der Waals surface area contributed by atoms with E-state index in [0.29, 0.717) is 18.1 Å². The quantitative estimate of drug-likeness (QED) is 0.297. The summed E-state index contributed by atoms with van der Waals surface area (Å²) >= 11 is 1.39. The Bertz CT molecular complexity index is 1340. The third-order valence-corrected chi connectivity index (χ3v) is 9.28. The van der Waals surface area contributed by atoms with Gasteiger partial charge in [0.15, 0.2) is 9.84 Å². The summed E-state index contributed by atoms with van der Waals surface area (Å²) in [6.45, 7) is 2.00. The summed E-state index contributed by atoms with van der Waals surface area (Å²) in [5.74, 6) is 10.9. The van der Waals surface area contributed by atoms with E-state index in [-0.39, 0.29) is 24.7 Å². The van der Waals surface area contributed by atoms with E-state index in [1.54, 1.807) is 4.90 Å². The number of hydroxylamine groups is 1. The second-order valence-electron chi connectivity index (χ2n) is 8.57. The number of sulfone groups is 1.